The summed E-state index contributed by atoms with van der Waals surface area (Å²) in [5, 5.41) is 18.0. The summed E-state index contributed by atoms with van der Waals surface area (Å²) in [6.45, 7) is 0.358. The lowest BCUT2D eigenvalue weighted by Crippen LogP contribution is -2.32. The number of carbonyl (C=O) groups is 1. The molecule has 2 aromatic carbocycles. The minimum absolute atomic E-state index is 0.0204. The molecule has 0 saturated heterocycles. The molecule has 0 aliphatic heterocycles. The van der Waals surface area contributed by atoms with E-state index in [1.165, 1.54) is 24.5 Å². The Labute approximate surface area is 143 Å². The minimum Gasteiger partial charge on any atom is -0.343 e. The summed E-state index contributed by atoms with van der Waals surface area (Å²) >= 11 is 0. The highest BCUT2D eigenvalue weighted by Crippen LogP contribution is 2.20. The quantitative estimate of drug-likeness (QED) is 0.549. The Kier molecular flexibility index (Phi) is 4.79. The first-order valence-electron chi connectivity index (χ1n) is 7.57. The SMILES string of the molecule is O=C(NC(Cn1cncn1)c1ccccc1)c1ccccc1[N+](=O)[O-]. The van der Waals surface area contributed by atoms with Gasteiger partial charge in [0.2, 0.25) is 0 Å². The van der Waals surface area contributed by atoms with Crippen molar-refractivity contribution in [2.75, 3.05) is 0 Å². The van der Waals surface area contributed by atoms with Gasteiger partial charge in [-0.1, -0.05) is 42.5 Å². The first-order valence-corrected chi connectivity index (χ1v) is 7.57. The van der Waals surface area contributed by atoms with Crippen LogP contribution < -0.4 is 5.32 Å². The predicted octanol–water partition coefficient (Wildman–Crippen LogP) is 2.36. The predicted molar refractivity (Wildman–Crippen MR) is 89.8 cm³/mol. The lowest BCUT2D eigenvalue weighted by atomic mass is 10.1. The maximum atomic E-state index is 12.6. The largest absolute Gasteiger partial charge is 0.343 e. The summed E-state index contributed by atoms with van der Waals surface area (Å²) in [6, 6.07) is 14.8. The number of benzene rings is 2. The van der Waals surface area contributed by atoms with E-state index in [4.69, 9.17) is 0 Å². The molecule has 0 aliphatic carbocycles. The molecule has 8 heteroatoms. The molecule has 0 radical (unpaired) electrons. The van der Waals surface area contributed by atoms with Crippen molar-refractivity contribution in [1.29, 1.82) is 0 Å². The number of para-hydroxylation sites is 1. The smallest absolute Gasteiger partial charge is 0.282 e. The lowest BCUT2D eigenvalue weighted by molar-refractivity contribution is -0.385. The number of rotatable bonds is 6. The molecule has 25 heavy (non-hydrogen) atoms. The Balaban J connectivity index is 1.87. The Hall–Kier alpha value is -3.55. The van der Waals surface area contributed by atoms with Gasteiger partial charge < -0.3 is 5.32 Å². The topological polar surface area (TPSA) is 103 Å². The van der Waals surface area contributed by atoms with E-state index in [1.807, 2.05) is 30.3 Å². The number of nitrogens with zero attached hydrogens (tertiary/aromatic N) is 4. The Morgan fingerprint density at radius 2 is 1.88 bits per heavy atom. The number of amides is 1. The molecule has 1 amide bonds. The zero-order valence-corrected chi connectivity index (χ0v) is 13.1. The number of nitro benzene ring substituents is 1. The lowest BCUT2D eigenvalue weighted by Gasteiger charge is -2.19. The van der Waals surface area contributed by atoms with Crippen LogP contribution in [0.25, 0.3) is 0 Å². The molecule has 126 valence electrons. The van der Waals surface area contributed by atoms with Crippen LogP contribution in [-0.2, 0) is 6.54 Å². The summed E-state index contributed by atoms with van der Waals surface area (Å²) in [5.74, 6) is -0.513. The molecule has 1 N–H and O–H groups in total. The van der Waals surface area contributed by atoms with Gasteiger partial charge in [0.15, 0.2) is 0 Å². The number of hydrogen-bond donors (Lipinski definition) is 1. The van der Waals surface area contributed by atoms with Crippen LogP contribution in [0.3, 0.4) is 0 Å². The van der Waals surface area contributed by atoms with Crippen LogP contribution in [0, 0.1) is 10.1 Å². The molecule has 0 aliphatic rings. The summed E-state index contributed by atoms with van der Waals surface area (Å²) in [6.07, 6.45) is 2.96. The molecular weight excluding hydrogens is 322 g/mol. The van der Waals surface area contributed by atoms with Crippen molar-refractivity contribution in [1.82, 2.24) is 20.1 Å². The van der Waals surface area contributed by atoms with E-state index in [0.29, 0.717) is 6.54 Å². The van der Waals surface area contributed by atoms with Gasteiger partial charge in [0.05, 0.1) is 17.5 Å². The Morgan fingerprint density at radius 3 is 2.56 bits per heavy atom. The Morgan fingerprint density at radius 1 is 1.16 bits per heavy atom. The summed E-state index contributed by atoms with van der Waals surface area (Å²) < 4.78 is 1.59. The van der Waals surface area contributed by atoms with Crippen molar-refractivity contribution in [2.24, 2.45) is 0 Å². The van der Waals surface area contributed by atoms with Crippen LogP contribution in [0.1, 0.15) is 22.0 Å². The number of hydrogen-bond acceptors (Lipinski definition) is 5. The van der Waals surface area contributed by atoms with Gasteiger partial charge in [-0.05, 0) is 11.6 Å². The number of nitro groups is 1. The van der Waals surface area contributed by atoms with E-state index in [0.717, 1.165) is 5.56 Å². The Bertz CT molecular complexity index is 865. The minimum atomic E-state index is -0.566. The van der Waals surface area contributed by atoms with E-state index in [9.17, 15) is 14.9 Å². The van der Waals surface area contributed by atoms with Crippen LogP contribution in [0.15, 0.2) is 67.3 Å². The van der Waals surface area contributed by atoms with Crippen LogP contribution in [0.2, 0.25) is 0 Å². The third-order valence-corrected chi connectivity index (χ3v) is 3.69. The fraction of sp³-hybridized carbons (Fsp3) is 0.118. The van der Waals surface area contributed by atoms with E-state index in [2.05, 4.69) is 15.4 Å². The van der Waals surface area contributed by atoms with Crippen molar-refractivity contribution in [3.63, 3.8) is 0 Å². The molecule has 3 rings (SSSR count). The zero-order valence-electron chi connectivity index (χ0n) is 13.1. The maximum Gasteiger partial charge on any atom is 0.282 e. The van der Waals surface area contributed by atoms with Gasteiger partial charge in [-0.3, -0.25) is 19.6 Å². The molecule has 0 bridgehead atoms. The molecule has 1 aromatic heterocycles. The van der Waals surface area contributed by atoms with Crippen LogP contribution >= 0.6 is 0 Å². The van der Waals surface area contributed by atoms with Crippen LogP contribution in [0.4, 0.5) is 5.69 Å². The average Bonchev–Trinajstić information content (AvgIpc) is 3.15. The van der Waals surface area contributed by atoms with Gasteiger partial charge in [0.1, 0.15) is 18.2 Å². The maximum absolute atomic E-state index is 12.6. The van der Waals surface area contributed by atoms with E-state index in [-0.39, 0.29) is 11.3 Å². The number of nitrogens with one attached hydrogen (secondary N) is 1. The fourth-order valence-electron chi connectivity index (χ4n) is 2.49. The molecule has 0 spiro atoms. The second-order valence-corrected chi connectivity index (χ2v) is 5.33. The molecule has 1 atom stereocenters. The summed E-state index contributed by atoms with van der Waals surface area (Å²) in [7, 11) is 0. The van der Waals surface area contributed by atoms with Gasteiger partial charge in [0.25, 0.3) is 11.6 Å². The first-order chi connectivity index (χ1) is 12.1. The second kappa shape index (κ2) is 7.35. The van der Waals surface area contributed by atoms with Crippen molar-refractivity contribution in [2.45, 2.75) is 12.6 Å². The third-order valence-electron chi connectivity index (χ3n) is 3.69. The van der Waals surface area contributed by atoms with Crippen molar-refractivity contribution in [3.05, 3.63) is 88.5 Å². The fourth-order valence-corrected chi connectivity index (χ4v) is 2.49. The molecule has 1 heterocycles. The standard InChI is InChI=1S/C17H15N5O3/c23-17(14-8-4-5-9-16(14)22(24)25)20-15(10-21-12-18-11-19-21)13-6-2-1-3-7-13/h1-9,11-12,15H,10H2,(H,20,23). The van der Waals surface area contributed by atoms with Crippen molar-refractivity contribution >= 4 is 11.6 Å². The zero-order chi connectivity index (χ0) is 17.6. The van der Waals surface area contributed by atoms with Crippen LogP contribution in [0.5, 0.6) is 0 Å². The van der Waals surface area contributed by atoms with Gasteiger partial charge in [-0.15, -0.1) is 0 Å². The number of carbonyl (C=O) groups excluding carboxylic acids is 1. The van der Waals surface area contributed by atoms with Crippen molar-refractivity contribution in [3.8, 4) is 0 Å². The monoisotopic (exact) mass is 337 g/mol. The van der Waals surface area contributed by atoms with E-state index < -0.39 is 16.9 Å². The highest BCUT2D eigenvalue weighted by Gasteiger charge is 2.22. The molecule has 0 saturated carbocycles. The van der Waals surface area contributed by atoms with E-state index in [1.54, 1.807) is 17.1 Å². The molecule has 8 nitrogen and oxygen atoms in total. The van der Waals surface area contributed by atoms with Gasteiger partial charge >= 0.3 is 0 Å². The van der Waals surface area contributed by atoms with E-state index >= 15 is 0 Å². The van der Waals surface area contributed by atoms with Gasteiger partial charge in [0, 0.05) is 6.07 Å². The molecular formula is C17H15N5O3. The van der Waals surface area contributed by atoms with Gasteiger partial charge in [-0.2, -0.15) is 5.10 Å². The molecule has 0 fully saturated rings. The second-order valence-electron chi connectivity index (χ2n) is 5.33. The van der Waals surface area contributed by atoms with Crippen molar-refractivity contribution < 1.29 is 9.72 Å². The number of aromatic nitrogens is 3. The highest BCUT2D eigenvalue weighted by molar-refractivity contribution is 5.98. The third kappa shape index (κ3) is 3.86. The normalized spacial score (nSPS) is 11.7. The van der Waals surface area contributed by atoms with Crippen LogP contribution in [-0.4, -0.2) is 25.6 Å². The average molecular weight is 337 g/mol. The first kappa shape index (κ1) is 16.3. The molecule has 3 aromatic rings. The molecule has 1 unspecified atom stereocenters. The summed E-state index contributed by atoms with van der Waals surface area (Å²) in [4.78, 5) is 27.1. The van der Waals surface area contributed by atoms with Gasteiger partial charge in [-0.25, -0.2) is 4.98 Å². The summed E-state index contributed by atoms with van der Waals surface area (Å²) in [5.41, 5.74) is 0.657. The highest BCUT2D eigenvalue weighted by atomic mass is 16.6.